The van der Waals surface area contributed by atoms with Gasteiger partial charge in [0, 0.05) is 23.2 Å². The quantitative estimate of drug-likeness (QED) is 0.453. The Labute approximate surface area is 163 Å². The monoisotopic (exact) mass is 377 g/mol. The van der Waals surface area contributed by atoms with Gasteiger partial charge in [0.05, 0.1) is 0 Å². The number of carbonyl (C=O) groups is 2. The van der Waals surface area contributed by atoms with Gasteiger partial charge in [-0.3, -0.25) is 9.59 Å². The summed E-state index contributed by atoms with van der Waals surface area (Å²) in [5, 5.41) is 15.0. The number of rotatable bonds is 9. The Morgan fingerprint density at radius 2 is 1.75 bits per heavy atom. The Hall–Kier alpha value is -3.35. The van der Waals surface area contributed by atoms with E-state index in [0.717, 1.165) is 24.8 Å². The predicted molar refractivity (Wildman–Crippen MR) is 107 cm³/mol. The average molecular weight is 377 g/mol. The Kier molecular flexibility index (Phi) is 6.62. The van der Waals surface area contributed by atoms with Gasteiger partial charge in [-0.15, -0.1) is 10.2 Å². The lowest BCUT2D eigenvalue weighted by molar-refractivity contribution is -0.116. The van der Waals surface area contributed by atoms with E-state index in [-0.39, 0.29) is 18.2 Å². The lowest BCUT2D eigenvalue weighted by Gasteiger charge is -2.06. The van der Waals surface area contributed by atoms with Crippen molar-refractivity contribution in [3.05, 3.63) is 60.2 Å². The molecule has 7 heteroatoms. The predicted octanol–water partition coefficient (Wildman–Crippen LogP) is 3.74. The van der Waals surface area contributed by atoms with Crippen LogP contribution >= 0.6 is 0 Å². The van der Waals surface area contributed by atoms with Crippen LogP contribution in [0.15, 0.2) is 54.6 Å². The number of benzene rings is 2. The smallest absolute Gasteiger partial charge is 0.224 e. The molecule has 0 aliphatic heterocycles. The maximum Gasteiger partial charge on any atom is 0.224 e. The zero-order valence-electron chi connectivity index (χ0n) is 15.8. The summed E-state index contributed by atoms with van der Waals surface area (Å²) in [4.78, 5) is 25.6. The first-order chi connectivity index (χ1) is 13.7. The summed E-state index contributed by atoms with van der Waals surface area (Å²) in [7, 11) is 0. The SMILES string of the molecule is CCCCCC(=O)Nc1ccc(C(=O)Cn2nnc(-c3ccccc3)n2)cc1. The molecule has 0 aliphatic carbocycles. The summed E-state index contributed by atoms with van der Waals surface area (Å²) < 4.78 is 0. The van der Waals surface area contributed by atoms with Crippen molar-refractivity contribution in [2.24, 2.45) is 0 Å². The van der Waals surface area contributed by atoms with E-state index in [1.807, 2.05) is 30.3 Å². The summed E-state index contributed by atoms with van der Waals surface area (Å²) in [6.07, 6.45) is 3.52. The standard InChI is InChI=1S/C21H23N5O2/c1-2-3-5-10-20(28)22-18-13-11-16(12-14-18)19(27)15-26-24-21(23-25-26)17-8-6-4-7-9-17/h4,6-9,11-14H,2-3,5,10,15H2,1H3,(H,22,28). The molecular weight excluding hydrogens is 354 g/mol. The molecule has 1 aromatic heterocycles. The summed E-state index contributed by atoms with van der Waals surface area (Å²) in [5.74, 6) is 0.347. The van der Waals surface area contributed by atoms with Crippen LogP contribution in [-0.4, -0.2) is 31.9 Å². The van der Waals surface area contributed by atoms with Gasteiger partial charge in [-0.1, -0.05) is 50.1 Å². The van der Waals surface area contributed by atoms with E-state index in [4.69, 9.17) is 0 Å². The molecule has 0 atom stereocenters. The van der Waals surface area contributed by atoms with Crippen LogP contribution in [0.4, 0.5) is 5.69 Å². The number of amides is 1. The number of nitrogens with one attached hydrogen (secondary N) is 1. The molecule has 3 aromatic rings. The van der Waals surface area contributed by atoms with Gasteiger partial charge in [0.2, 0.25) is 11.7 Å². The molecule has 0 spiro atoms. The van der Waals surface area contributed by atoms with Crippen molar-refractivity contribution in [3.8, 4) is 11.4 Å². The second-order valence-electron chi connectivity index (χ2n) is 6.52. The van der Waals surface area contributed by atoms with Gasteiger partial charge >= 0.3 is 0 Å². The Morgan fingerprint density at radius 3 is 2.46 bits per heavy atom. The first-order valence-electron chi connectivity index (χ1n) is 9.42. The summed E-state index contributed by atoms with van der Waals surface area (Å²) >= 11 is 0. The largest absolute Gasteiger partial charge is 0.326 e. The minimum atomic E-state index is -0.127. The highest BCUT2D eigenvalue weighted by Gasteiger charge is 2.11. The number of carbonyl (C=O) groups excluding carboxylic acids is 2. The molecule has 0 saturated heterocycles. The van der Waals surface area contributed by atoms with Crippen molar-refractivity contribution >= 4 is 17.4 Å². The van der Waals surface area contributed by atoms with E-state index in [1.54, 1.807) is 24.3 Å². The van der Waals surface area contributed by atoms with Gasteiger partial charge in [0.1, 0.15) is 6.54 Å². The molecule has 144 valence electrons. The first-order valence-corrected chi connectivity index (χ1v) is 9.42. The van der Waals surface area contributed by atoms with Crippen LogP contribution in [0, 0.1) is 0 Å². The molecular formula is C21H23N5O2. The summed E-state index contributed by atoms with van der Waals surface area (Å²) in [6, 6.07) is 16.3. The maximum absolute atomic E-state index is 12.5. The highest BCUT2D eigenvalue weighted by Crippen LogP contribution is 2.14. The highest BCUT2D eigenvalue weighted by molar-refractivity contribution is 5.97. The maximum atomic E-state index is 12.5. The van der Waals surface area contributed by atoms with Crippen molar-refractivity contribution in [2.75, 3.05) is 5.32 Å². The van der Waals surface area contributed by atoms with Gasteiger partial charge in [-0.05, 0) is 35.9 Å². The molecule has 0 fully saturated rings. The average Bonchev–Trinajstić information content (AvgIpc) is 3.18. The molecule has 0 saturated carbocycles. The molecule has 3 rings (SSSR count). The Bertz CT molecular complexity index is 919. The summed E-state index contributed by atoms with van der Waals surface area (Å²) in [5.41, 5.74) is 2.06. The number of anilines is 1. The lowest BCUT2D eigenvalue weighted by atomic mass is 10.1. The number of hydrogen-bond acceptors (Lipinski definition) is 5. The number of Topliss-reactive ketones (excluding diaryl/α,β-unsaturated/α-hetero) is 1. The third kappa shape index (κ3) is 5.33. The fourth-order valence-corrected chi connectivity index (χ4v) is 2.73. The Morgan fingerprint density at radius 1 is 1.00 bits per heavy atom. The molecule has 0 bridgehead atoms. The number of unbranched alkanes of at least 4 members (excludes halogenated alkanes) is 2. The third-order valence-electron chi connectivity index (χ3n) is 4.27. The molecule has 1 heterocycles. The van der Waals surface area contributed by atoms with Gasteiger partial charge < -0.3 is 5.32 Å². The van der Waals surface area contributed by atoms with Crippen LogP contribution in [0.25, 0.3) is 11.4 Å². The van der Waals surface area contributed by atoms with Crippen LogP contribution in [0.5, 0.6) is 0 Å². The van der Waals surface area contributed by atoms with Crippen molar-refractivity contribution in [1.82, 2.24) is 20.2 Å². The number of aromatic nitrogens is 4. The molecule has 2 aromatic carbocycles. The fraction of sp³-hybridized carbons (Fsp3) is 0.286. The van der Waals surface area contributed by atoms with Crippen molar-refractivity contribution in [3.63, 3.8) is 0 Å². The van der Waals surface area contributed by atoms with E-state index in [1.165, 1.54) is 4.80 Å². The van der Waals surface area contributed by atoms with Crippen LogP contribution in [0.3, 0.4) is 0 Å². The molecule has 0 radical (unpaired) electrons. The normalized spacial score (nSPS) is 10.6. The van der Waals surface area contributed by atoms with E-state index < -0.39 is 0 Å². The van der Waals surface area contributed by atoms with Crippen LogP contribution in [0.1, 0.15) is 43.0 Å². The third-order valence-corrected chi connectivity index (χ3v) is 4.27. The lowest BCUT2D eigenvalue weighted by Crippen LogP contribution is -2.14. The molecule has 7 nitrogen and oxygen atoms in total. The zero-order valence-corrected chi connectivity index (χ0v) is 15.8. The summed E-state index contributed by atoms with van der Waals surface area (Å²) in [6.45, 7) is 2.10. The number of tetrazole rings is 1. The number of ketones is 1. The van der Waals surface area contributed by atoms with Crippen molar-refractivity contribution < 1.29 is 9.59 Å². The van der Waals surface area contributed by atoms with Gasteiger partial charge in [0.25, 0.3) is 0 Å². The minimum Gasteiger partial charge on any atom is -0.326 e. The highest BCUT2D eigenvalue weighted by atomic mass is 16.1. The minimum absolute atomic E-state index is 0.00254. The van der Waals surface area contributed by atoms with Crippen LogP contribution < -0.4 is 5.32 Å². The van der Waals surface area contributed by atoms with Crippen LogP contribution in [0.2, 0.25) is 0 Å². The molecule has 0 unspecified atom stereocenters. The van der Waals surface area contributed by atoms with E-state index in [0.29, 0.717) is 23.5 Å². The number of nitrogens with zero attached hydrogens (tertiary/aromatic N) is 4. The topological polar surface area (TPSA) is 89.8 Å². The molecule has 1 N–H and O–H groups in total. The van der Waals surface area contributed by atoms with Gasteiger partial charge in [-0.2, -0.15) is 4.80 Å². The molecule has 1 amide bonds. The van der Waals surface area contributed by atoms with E-state index in [2.05, 4.69) is 27.7 Å². The van der Waals surface area contributed by atoms with Gasteiger partial charge in [0.15, 0.2) is 5.78 Å². The second kappa shape index (κ2) is 9.55. The van der Waals surface area contributed by atoms with Gasteiger partial charge in [-0.25, -0.2) is 0 Å². The number of hydrogen-bond donors (Lipinski definition) is 1. The van der Waals surface area contributed by atoms with Crippen molar-refractivity contribution in [1.29, 1.82) is 0 Å². The first kappa shape index (κ1) is 19.4. The van der Waals surface area contributed by atoms with Crippen molar-refractivity contribution in [2.45, 2.75) is 39.2 Å². The molecule has 0 aliphatic rings. The second-order valence-corrected chi connectivity index (χ2v) is 6.52. The van der Waals surface area contributed by atoms with Crippen LogP contribution in [-0.2, 0) is 11.3 Å². The Balaban J connectivity index is 1.56. The van der Waals surface area contributed by atoms with E-state index in [9.17, 15) is 9.59 Å². The zero-order chi connectivity index (χ0) is 19.8. The fourth-order valence-electron chi connectivity index (χ4n) is 2.73. The van der Waals surface area contributed by atoms with E-state index >= 15 is 0 Å². The molecule has 28 heavy (non-hydrogen) atoms.